The Hall–Kier alpha value is -2.71. The minimum Gasteiger partial charge on any atom is -0.465 e. The first kappa shape index (κ1) is 18.1. The number of hydrogen-bond donors (Lipinski definition) is 1. The fraction of sp³-hybridized carbons (Fsp3) is 0.294. The number of anilines is 2. The maximum Gasteiger partial charge on any atom is 0.337 e. The van der Waals surface area contributed by atoms with Gasteiger partial charge < -0.3 is 19.7 Å². The van der Waals surface area contributed by atoms with Crippen molar-refractivity contribution in [3.8, 4) is 0 Å². The highest BCUT2D eigenvalue weighted by molar-refractivity contribution is 6.33. The molecule has 2 heterocycles. The molecule has 1 aliphatic heterocycles. The monoisotopic (exact) mass is 376 g/mol. The molecule has 1 saturated heterocycles. The van der Waals surface area contributed by atoms with Gasteiger partial charge in [-0.15, -0.1) is 10.2 Å². The fourth-order valence-electron chi connectivity index (χ4n) is 2.45. The molecule has 1 fully saturated rings. The van der Waals surface area contributed by atoms with E-state index in [0.29, 0.717) is 48.4 Å². The van der Waals surface area contributed by atoms with Crippen molar-refractivity contribution in [3.63, 3.8) is 0 Å². The number of carbonyl (C=O) groups excluding carboxylic acids is 2. The molecule has 1 N–H and O–H groups in total. The number of ether oxygens (including phenoxy) is 2. The minimum atomic E-state index is -0.470. The number of carbonyl (C=O) groups is 2. The minimum absolute atomic E-state index is 0.182. The highest BCUT2D eigenvalue weighted by Crippen LogP contribution is 2.26. The summed E-state index contributed by atoms with van der Waals surface area (Å²) in [6, 6.07) is 7.92. The van der Waals surface area contributed by atoms with Gasteiger partial charge in [-0.3, -0.25) is 4.79 Å². The Labute approximate surface area is 155 Å². The first-order valence-corrected chi connectivity index (χ1v) is 8.32. The average Bonchev–Trinajstić information content (AvgIpc) is 2.69. The molecule has 0 spiro atoms. The van der Waals surface area contributed by atoms with Crippen molar-refractivity contribution >= 4 is 35.0 Å². The third-order valence-electron chi connectivity index (χ3n) is 3.83. The number of nitrogens with zero attached hydrogens (tertiary/aromatic N) is 3. The van der Waals surface area contributed by atoms with Crippen molar-refractivity contribution < 1.29 is 19.1 Å². The molecule has 0 radical (unpaired) electrons. The highest BCUT2D eigenvalue weighted by atomic mass is 35.5. The summed E-state index contributed by atoms with van der Waals surface area (Å²) in [7, 11) is 1.31. The van der Waals surface area contributed by atoms with Crippen LogP contribution in [0.2, 0.25) is 5.02 Å². The van der Waals surface area contributed by atoms with Gasteiger partial charge in [-0.05, 0) is 30.3 Å². The average molecular weight is 377 g/mol. The Morgan fingerprint density at radius 2 is 1.96 bits per heavy atom. The number of nitrogens with one attached hydrogen (secondary N) is 1. The summed E-state index contributed by atoms with van der Waals surface area (Å²) < 4.78 is 9.92. The van der Waals surface area contributed by atoms with Crippen LogP contribution < -0.4 is 5.32 Å². The number of halogens is 1. The molecule has 8 nitrogen and oxygen atoms in total. The van der Waals surface area contributed by atoms with E-state index in [-0.39, 0.29) is 11.6 Å². The molecule has 2 aromatic rings. The van der Waals surface area contributed by atoms with Crippen LogP contribution in [0.1, 0.15) is 20.8 Å². The first-order valence-electron chi connectivity index (χ1n) is 7.94. The molecule has 1 amide bonds. The molecular formula is C17H17ClN4O4. The highest BCUT2D eigenvalue weighted by Gasteiger charge is 2.20. The summed E-state index contributed by atoms with van der Waals surface area (Å²) in [5.41, 5.74) is 1.09. The normalized spacial score (nSPS) is 14.0. The van der Waals surface area contributed by atoms with Crippen LogP contribution in [0.15, 0.2) is 30.3 Å². The maximum absolute atomic E-state index is 12.4. The van der Waals surface area contributed by atoms with Crippen LogP contribution >= 0.6 is 11.6 Å². The zero-order valence-corrected chi connectivity index (χ0v) is 14.8. The Balaban J connectivity index is 1.73. The number of benzene rings is 1. The number of rotatable bonds is 4. The second-order valence-electron chi connectivity index (χ2n) is 5.52. The van der Waals surface area contributed by atoms with Crippen LogP contribution in [0.25, 0.3) is 0 Å². The van der Waals surface area contributed by atoms with E-state index in [9.17, 15) is 9.59 Å². The van der Waals surface area contributed by atoms with Gasteiger partial charge in [-0.2, -0.15) is 0 Å². The van der Waals surface area contributed by atoms with Crippen molar-refractivity contribution in [1.29, 1.82) is 0 Å². The van der Waals surface area contributed by atoms with E-state index in [1.165, 1.54) is 7.11 Å². The van der Waals surface area contributed by atoms with Crippen molar-refractivity contribution in [2.75, 3.05) is 38.7 Å². The second kappa shape index (κ2) is 8.11. The quantitative estimate of drug-likeness (QED) is 0.817. The number of morpholine rings is 1. The molecule has 0 atom stereocenters. The van der Waals surface area contributed by atoms with Crippen LogP contribution in [-0.4, -0.2) is 60.4 Å². The maximum atomic E-state index is 12.4. The Morgan fingerprint density at radius 3 is 2.62 bits per heavy atom. The van der Waals surface area contributed by atoms with Crippen LogP contribution in [0.3, 0.4) is 0 Å². The topological polar surface area (TPSA) is 93.7 Å². The summed E-state index contributed by atoms with van der Waals surface area (Å²) in [6.07, 6.45) is 0. The molecule has 1 aliphatic rings. The SMILES string of the molecule is COC(=O)c1ccc(Cl)c(Nc2ccc(C(=O)N3CCOCC3)nn2)c1. The van der Waals surface area contributed by atoms with E-state index in [1.54, 1.807) is 35.2 Å². The molecule has 0 aliphatic carbocycles. The Kier molecular flexibility index (Phi) is 5.65. The number of amides is 1. The zero-order chi connectivity index (χ0) is 18.5. The van der Waals surface area contributed by atoms with Gasteiger partial charge >= 0.3 is 5.97 Å². The van der Waals surface area contributed by atoms with Gasteiger partial charge in [0, 0.05) is 13.1 Å². The predicted octanol–water partition coefficient (Wildman–Crippen LogP) is 2.13. The van der Waals surface area contributed by atoms with Gasteiger partial charge in [0.05, 0.1) is 36.6 Å². The van der Waals surface area contributed by atoms with E-state index in [0.717, 1.165) is 0 Å². The van der Waals surface area contributed by atoms with Crippen LogP contribution in [0, 0.1) is 0 Å². The lowest BCUT2D eigenvalue weighted by atomic mass is 10.2. The molecule has 9 heteroatoms. The summed E-state index contributed by atoms with van der Waals surface area (Å²) in [6.45, 7) is 2.12. The van der Waals surface area contributed by atoms with Gasteiger partial charge in [0.1, 0.15) is 0 Å². The van der Waals surface area contributed by atoms with E-state index in [2.05, 4.69) is 15.5 Å². The van der Waals surface area contributed by atoms with Gasteiger partial charge in [-0.25, -0.2) is 4.79 Å². The van der Waals surface area contributed by atoms with Crippen molar-refractivity contribution in [1.82, 2.24) is 15.1 Å². The fourth-order valence-corrected chi connectivity index (χ4v) is 2.61. The molecule has 26 heavy (non-hydrogen) atoms. The molecule has 1 aromatic heterocycles. The lowest BCUT2D eigenvalue weighted by Crippen LogP contribution is -2.41. The standard InChI is InChI=1S/C17H17ClN4O4/c1-25-17(24)11-2-3-12(18)14(10-11)19-15-5-4-13(20-21-15)16(23)22-6-8-26-9-7-22/h2-5,10H,6-9H2,1H3,(H,19,21). The summed E-state index contributed by atoms with van der Waals surface area (Å²) in [5.74, 6) is -0.257. The molecule has 0 unspecified atom stereocenters. The molecule has 136 valence electrons. The molecule has 0 saturated carbocycles. The van der Waals surface area contributed by atoms with Gasteiger partial charge in [0.2, 0.25) is 0 Å². The lowest BCUT2D eigenvalue weighted by Gasteiger charge is -2.26. The third-order valence-corrected chi connectivity index (χ3v) is 4.16. The molecule has 0 bridgehead atoms. The number of hydrogen-bond acceptors (Lipinski definition) is 7. The number of aromatic nitrogens is 2. The second-order valence-corrected chi connectivity index (χ2v) is 5.93. The zero-order valence-electron chi connectivity index (χ0n) is 14.1. The Bertz CT molecular complexity index is 807. The third kappa shape index (κ3) is 4.09. The summed E-state index contributed by atoms with van der Waals surface area (Å²) >= 11 is 6.14. The van der Waals surface area contributed by atoms with E-state index >= 15 is 0 Å². The Morgan fingerprint density at radius 1 is 1.19 bits per heavy atom. The number of esters is 1. The van der Waals surface area contributed by atoms with E-state index in [1.807, 2.05) is 0 Å². The van der Waals surface area contributed by atoms with E-state index in [4.69, 9.17) is 21.1 Å². The van der Waals surface area contributed by atoms with Crippen LogP contribution in [0.4, 0.5) is 11.5 Å². The number of methoxy groups -OCH3 is 1. The van der Waals surface area contributed by atoms with Crippen LogP contribution in [0.5, 0.6) is 0 Å². The smallest absolute Gasteiger partial charge is 0.337 e. The van der Waals surface area contributed by atoms with Crippen molar-refractivity contribution in [3.05, 3.63) is 46.6 Å². The van der Waals surface area contributed by atoms with Crippen LogP contribution in [-0.2, 0) is 9.47 Å². The molecular weight excluding hydrogens is 360 g/mol. The molecule has 1 aromatic carbocycles. The molecule has 3 rings (SSSR count). The predicted molar refractivity (Wildman–Crippen MR) is 94.8 cm³/mol. The first-order chi connectivity index (χ1) is 12.6. The van der Waals surface area contributed by atoms with E-state index < -0.39 is 5.97 Å². The van der Waals surface area contributed by atoms with Gasteiger partial charge in [-0.1, -0.05) is 11.6 Å². The van der Waals surface area contributed by atoms with Crippen molar-refractivity contribution in [2.24, 2.45) is 0 Å². The van der Waals surface area contributed by atoms with Crippen molar-refractivity contribution in [2.45, 2.75) is 0 Å². The van der Waals surface area contributed by atoms with Gasteiger partial charge in [0.25, 0.3) is 5.91 Å². The summed E-state index contributed by atoms with van der Waals surface area (Å²) in [5, 5.41) is 11.4. The largest absolute Gasteiger partial charge is 0.465 e. The summed E-state index contributed by atoms with van der Waals surface area (Å²) in [4.78, 5) is 25.7. The van der Waals surface area contributed by atoms with Gasteiger partial charge in [0.15, 0.2) is 11.5 Å². The lowest BCUT2D eigenvalue weighted by molar-refractivity contribution is 0.0298.